The number of aryl methyl sites for hydroxylation is 1. The van der Waals surface area contributed by atoms with E-state index in [2.05, 4.69) is 5.32 Å². The monoisotopic (exact) mass is 532 g/mol. The third-order valence-corrected chi connectivity index (χ3v) is 7.37. The van der Waals surface area contributed by atoms with Gasteiger partial charge >= 0.3 is 5.69 Å². The minimum atomic E-state index is -0.537. The Morgan fingerprint density at radius 3 is 2.39 bits per heavy atom. The summed E-state index contributed by atoms with van der Waals surface area (Å²) in [5, 5.41) is 4.62. The summed E-state index contributed by atoms with van der Waals surface area (Å²) in [7, 11) is 0. The van der Waals surface area contributed by atoms with E-state index in [0.29, 0.717) is 36.3 Å². The van der Waals surface area contributed by atoms with Crippen molar-refractivity contribution in [1.29, 1.82) is 0 Å². The summed E-state index contributed by atoms with van der Waals surface area (Å²) in [4.78, 5) is 53.7. The van der Waals surface area contributed by atoms with Crippen LogP contribution in [0.1, 0.15) is 36.5 Å². The van der Waals surface area contributed by atoms with E-state index < -0.39 is 5.69 Å². The number of amides is 2. The molecule has 198 valence electrons. The molecule has 0 unspecified atom stereocenters. The number of carbonyl (C=O) groups excluding carboxylic acids is 2. The van der Waals surface area contributed by atoms with Crippen LogP contribution in [0.25, 0.3) is 10.2 Å². The number of nitrogens with one attached hydrogen (secondary N) is 1. The summed E-state index contributed by atoms with van der Waals surface area (Å²) in [6, 6.07) is 19.3. The van der Waals surface area contributed by atoms with Gasteiger partial charge in [0.1, 0.15) is 11.2 Å². The van der Waals surface area contributed by atoms with E-state index >= 15 is 0 Å². The van der Waals surface area contributed by atoms with E-state index in [-0.39, 0.29) is 36.9 Å². The Labute approximate surface area is 225 Å². The standard InChI is InChI=1S/C29H32N4O4S/c1-3-31(19-23-8-5-4-6-9-23)26(35)20-33-24-15-17-38-27(24)28(36)32(29(33)37)16-7-10-25(34)30-18-22-13-11-21(2)12-14-22/h4-6,8-9,11-15,17H,3,7,10,16,18-20H2,1-2H3,(H,30,34). The zero-order chi connectivity index (χ0) is 27.1. The van der Waals surface area contributed by atoms with Crippen LogP contribution in [-0.4, -0.2) is 32.4 Å². The van der Waals surface area contributed by atoms with Gasteiger partial charge in [-0.05, 0) is 42.8 Å². The SMILES string of the molecule is CCN(Cc1ccccc1)C(=O)Cn1c(=O)n(CCCC(=O)NCc2ccc(C)cc2)c(=O)c2sccc21. The van der Waals surface area contributed by atoms with Crippen molar-refractivity contribution in [2.75, 3.05) is 6.54 Å². The largest absolute Gasteiger partial charge is 0.352 e. The summed E-state index contributed by atoms with van der Waals surface area (Å²) in [5.74, 6) is -0.350. The molecule has 0 radical (unpaired) electrons. The van der Waals surface area contributed by atoms with Crippen molar-refractivity contribution in [3.8, 4) is 0 Å². The van der Waals surface area contributed by atoms with Crippen LogP contribution in [0.15, 0.2) is 75.6 Å². The lowest BCUT2D eigenvalue weighted by Gasteiger charge is -2.22. The van der Waals surface area contributed by atoms with E-state index in [0.717, 1.165) is 21.3 Å². The molecule has 9 heteroatoms. The van der Waals surface area contributed by atoms with E-state index in [1.165, 1.54) is 15.9 Å². The molecule has 38 heavy (non-hydrogen) atoms. The van der Waals surface area contributed by atoms with Gasteiger partial charge in [-0.1, -0.05) is 60.2 Å². The van der Waals surface area contributed by atoms with Crippen molar-refractivity contribution in [3.63, 3.8) is 0 Å². The van der Waals surface area contributed by atoms with Crippen molar-refractivity contribution in [2.24, 2.45) is 0 Å². The number of nitrogens with zero attached hydrogens (tertiary/aromatic N) is 3. The van der Waals surface area contributed by atoms with Crippen molar-refractivity contribution < 1.29 is 9.59 Å². The lowest BCUT2D eigenvalue weighted by molar-refractivity contribution is -0.132. The minimum Gasteiger partial charge on any atom is -0.352 e. The van der Waals surface area contributed by atoms with Crippen LogP contribution in [0.2, 0.25) is 0 Å². The molecule has 0 atom stereocenters. The average molecular weight is 533 g/mol. The highest BCUT2D eigenvalue weighted by Crippen LogP contribution is 2.16. The van der Waals surface area contributed by atoms with Crippen molar-refractivity contribution in [2.45, 2.75) is 52.9 Å². The molecule has 1 N–H and O–H groups in total. The van der Waals surface area contributed by atoms with Gasteiger partial charge < -0.3 is 10.2 Å². The smallest absolute Gasteiger partial charge is 0.332 e. The number of hydrogen-bond donors (Lipinski definition) is 1. The predicted octanol–water partition coefficient (Wildman–Crippen LogP) is 3.68. The third kappa shape index (κ3) is 6.47. The topological polar surface area (TPSA) is 93.4 Å². The molecule has 2 aromatic heterocycles. The third-order valence-electron chi connectivity index (χ3n) is 6.48. The van der Waals surface area contributed by atoms with Gasteiger partial charge in [0.05, 0.1) is 5.52 Å². The molecule has 8 nitrogen and oxygen atoms in total. The Kier molecular flexibility index (Phi) is 8.91. The number of benzene rings is 2. The number of hydrogen-bond acceptors (Lipinski definition) is 5. The second-order valence-electron chi connectivity index (χ2n) is 9.22. The lowest BCUT2D eigenvalue weighted by atomic mass is 10.1. The van der Waals surface area contributed by atoms with E-state index in [1.807, 2.05) is 68.4 Å². The molecule has 0 aliphatic heterocycles. The number of rotatable bonds is 11. The molecule has 0 saturated heterocycles. The summed E-state index contributed by atoms with van der Waals surface area (Å²) in [6.45, 7) is 5.19. The number of aromatic nitrogens is 2. The van der Waals surface area contributed by atoms with Gasteiger partial charge in [-0.3, -0.25) is 23.5 Å². The molecule has 2 heterocycles. The summed E-state index contributed by atoms with van der Waals surface area (Å²) >= 11 is 1.24. The van der Waals surface area contributed by atoms with Crippen LogP contribution in [0.4, 0.5) is 0 Å². The Balaban J connectivity index is 1.45. The Morgan fingerprint density at radius 2 is 1.68 bits per heavy atom. The van der Waals surface area contributed by atoms with Crippen LogP contribution in [0.3, 0.4) is 0 Å². The fourth-order valence-corrected chi connectivity index (χ4v) is 5.13. The van der Waals surface area contributed by atoms with E-state index in [4.69, 9.17) is 0 Å². The van der Waals surface area contributed by atoms with Crippen LogP contribution in [-0.2, 0) is 35.8 Å². The van der Waals surface area contributed by atoms with Gasteiger partial charge in [0.25, 0.3) is 5.56 Å². The second-order valence-corrected chi connectivity index (χ2v) is 10.1. The number of thiophene rings is 1. The first-order valence-electron chi connectivity index (χ1n) is 12.7. The second kappa shape index (κ2) is 12.5. The highest BCUT2D eigenvalue weighted by Gasteiger charge is 2.19. The van der Waals surface area contributed by atoms with Gasteiger partial charge in [-0.25, -0.2) is 4.79 Å². The fourth-order valence-electron chi connectivity index (χ4n) is 4.29. The molecule has 2 amide bonds. The van der Waals surface area contributed by atoms with Crippen LogP contribution in [0, 0.1) is 6.92 Å². The molecule has 0 saturated carbocycles. The minimum absolute atomic E-state index is 0.0964. The number of carbonyl (C=O) groups is 2. The summed E-state index contributed by atoms with van der Waals surface area (Å²) in [6.07, 6.45) is 0.509. The van der Waals surface area contributed by atoms with Crippen LogP contribution < -0.4 is 16.6 Å². The molecule has 0 fully saturated rings. The van der Waals surface area contributed by atoms with Gasteiger partial charge in [0.15, 0.2) is 0 Å². The number of fused-ring (bicyclic) bond motifs is 1. The Morgan fingerprint density at radius 1 is 0.947 bits per heavy atom. The molecule has 0 aliphatic rings. The molecule has 0 spiro atoms. The van der Waals surface area contributed by atoms with Gasteiger partial charge in [-0.15, -0.1) is 11.3 Å². The van der Waals surface area contributed by atoms with Crippen molar-refractivity contribution in [3.05, 3.63) is 104 Å². The maximum absolute atomic E-state index is 13.4. The maximum Gasteiger partial charge on any atom is 0.332 e. The van der Waals surface area contributed by atoms with Gasteiger partial charge in [0, 0.05) is 32.6 Å². The molecule has 0 aliphatic carbocycles. The molecular weight excluding hydrogens is 500 g/mol. The lowest BCUT2D eigenvalue weighted by Crippen LogP contribution is -2.43. The van der Waals surface area contributed by atoms with Crippen LogP contribution >= 0.6 is 11.3 Å². The first-order valence-corrected chi connectivity index (χ1v) is 13.6. The van der Waals surface area contributed by atoms with E-state index in [1.54, 1.807) is 16.3 Å². The molecule has 0 bridgehead atoms. The number of likely N-dealkylation sites (N-methyl/N-ethyl adjacent to an activating group) is 1. The summed E-state index contributed by atoms with van der Waals surface area (Å²) in [5.41, 5.74) is 2.69. The molecular formula is C29H32N4O4S. The van der Waals surface area contributed by atoms with Gasteiger partial charge in [-0.2, -0.15) is 0 Å². The molecule has 2 aromatic carbocycles. The zero-order valence-corrected chi connectivity index (χ0v) is 22.5. The first-order chi connectivity index (χ1) is 18.4. The Hall–Kier alpha value is -3.98. The molecule has 4 rings (SSSR count). The highest BCUT2D eigenvalue weighted by molar-refractivity contribution is 7.17. The Bertz CT molecular complexity index is 1520. The predicted molar refractivity (Wildman–Crippen MR) is 150 cm³/mol. The van der Waals surface area contributed by atoms with Crippen LogP contribution in [0.5, 0.6) is 0 Å². The normalized spacial score (nSPS) is 11.0. The van der Waals surface area contributed by atoms with Gasteiger partial charge in [0.2, 0.25) is 11.8 Å². The summed E-state index contributed by atoms with van der Waals surface area (Å²) < 4.78 is 2.94. The van der Waals surface area contributed by atoms with E-state index in [9.17, 15) is 19.2 Å². The fraction of sp³-hybridized carbons (Fsp3) is 0.310. The quantitative estimate of drug-likeness (QED) is 0.319. The zero-order valence-electron chi connectivity index (χ0n) is 21.7. The highest BCUT2D eigenvalue weighted by atomic mass is 32.1. The molecule has 4 aromatic rings. The average Bonchev–Trinajstić information content (AvgIpc) is 3.42. The maximum atomic E-state index is 13.4. The first kappa shape index (κ1) is 27.1. The van der Waals surface area contributed by atoms with Crippen molar-refractivity contribution >= 4 is 33.4 Å². The van der Waals surface area contributed by atoms with Crippen molar-refractivity contribution in [1.82, 2.24) is 19.4 Å².